The van der Waals surface area contributed by atoms with Gasteiger partial charge in [-0.1, -0.05) is 0 Å². The molecule has 2 aromatic heterocycles. The lowest BCUT2D eigenvalue weighted by atomic mass is 10.1. The van der Waals surface area contributed by atoms with Crippen LogP contribution < -0.4 is 10.1 Å². The Morgan fingerprint density at radius 2 is 2.22 bits per heavy atom. The summed E-state index contributed by atoms with van der Waals surface area (Å²) in [6.45, 7) is 3.11. The molecule has 0 aromatic carbocycles. The van der Waals surface area contributed by atoms with Crippen molar-refractivity contribution in [3.8, 4) is 5.75 Å². The number of fused-ring (bicyclic) bond motifs is 1. The zero-order valence-corrected chi connectivity index (χ0v) is 15.8. The van der Waals surface area contributed by atoms with Crippen LogP contribution in [-0.2, 0) is 17.5 Å². The van der Waals surface area contributed by atoms with E-state index in [0.29, 0.717) is 18.8 Å². The van der Waals surface area contributed by atoms with Crippen LogP contribution in [0.25, 0.3) is 0 Å². The molecule has 0 aliphatic carbocycles. The van der Waals surface area contributed by atoms with Crippen molar-refractivity contribution < 1.29 is 27.4 Å². The normalized spacial score (nSPS) is 16.7. The Labute approximate surface area is 161 Å². The Hall–Kier alpha value is -2.14. The fourth-order valence-corrected chi connectivity index (χ4v) is 2.98. The van der Waals surface area contributed by atoms with Crippen LogP contribution in [0.5, 0.6) is 5.75 Å². The number of nitrogens with zero attached hydrogens (tertiary/aromatic N) is 3. The van der Waals surface area contributed by atoms with E-state index < -0.39 is 17.7 Å². The first-order chi connectivity index (χ1) is 12.8. The maximum Gasteiger partial charge on any atom is 0.418 e. The standard InChI is InChI=1S/C16H16BrF3N4O3/c1-2-26-15(25)10-6-12-11(21-3-4-24(12)23-10)8-27-13-5-9(16(18,19)20)7-22-14(13)17/h5-7,11,21H,2-4,8H2,1H3. The second-order valence-corrected chi connectivity index (χ2v) is 6.48. The predicted molar refractivity (Wildman–Crippen MR) is 91.4 cm³/mol. The number of hydrogen-bond acceptors (Lipinski definition) is 6. The molecule has 0 fully saturated rings. The minimum absolute atomic E-state index is 0.0196. The molecule has 11 heteroatoms. The van der Waals surface area contributed by atoms with E-state index in [1.807, 2.05) is 0 Å². The molecule has 146 valence electrons. The molecule has 1 aliphatic rings. The lowest BCUT2D eigenvalue weighted by Crippen LogP contribution is -2.36. The highest BCUT2D eigenvalue weighted by Gasteiger charge is 2.32. The van der Waals surface area contributed by atoms with E-state index in [0.717, 1.165) is 12.3 Å². The van der Waals surface area contributed by atoms with Gasteiger partial charge in [0.05, 0.1) is 30.5 Å². The lowest BCUT2D eigenvalue weighted by molar-refractivity contribution is -0.138. The number of carbonyl (C=O) groups excluding carboxylic acids is 1. The van der Waals surface area contributed by atoms with Crippen molar-refractivity contribution in [1.82, 2.24) is 20.1 Å². The summed E-state index contributed by atoms with van der Waals surface area (Å²) in [4.78, 5) is 15.5. The summed E-state index contributed by atoms with van der Waals surface area (Å²) < 4.78 is 50.9. The molecular formula is C16H16BrF3N4O3. The van der Waals surface area contributed by atoms with Gasteiger partial charge in [-0.15, -0.1) is 0 Å². The number of pyridine rings is 1. The van der Waals surface area contributed by atoms with Crippen LogP contribution >= 0.6 is 15.9 Å². The van der Waals surface area contributed by atoms with Gasteiger partial charge in [0.2, 0.25) is 0 Å². The molecule has 0 spiro atoms. The topological polar surface area (TPSA) is 78.3 Å². The first-order valence-corrected chi connectivity index (χ1v) is 8.92. The molecule has 0 radical (unpaired) electrons. The van der Waals surface area contributed by atoms with Crippen molar-refractivity contribution in [2.45, 2.75) is 25.7 Å². The van der Waals surface area contributed by atoms with Crippen LogP contribution in [0.15, 0.2) is 22.9 Å². The average molecular weight is 449 g/mol. The van der Waals surface area contributed by atoms with Crippen LogP contribution in [0, 0.1) is 0 Å². The smallest absolute Gasteiger partial charge is 0.418 e. The largest absolute Gasteiger partial charge is 0.489 e. The summed E-state index contributed by atoms with van der Waals surface area (Å²) >= 11 is 3.09. The Bertz CT molecular complexity index is 841. The maximum absolute atomic E-state index is 12.9. The van der Waals surface area contributed by atoms with Gasteiger partial charge in [-0.2, -0.15) is 18.3 Å². The number of ether oxygens (including phenoxy) is 2. The van der Waals surface area contributed by atoms with Crippen molar-refractivity contribution in [2.75, 3.05) is 19.8 Å². The molecule has 7 nitrogen and oxygen atoms in total. The highest BCUT2D eigenvalue weighted by atomic mass is 79.9. The molecule has 1 aliphatic heterocycles. The Kier molecular flexibility index (Phi) is 5.70. The molecule has 3 rings (SSSR count). The summed E-state index contributed by atoms with van der Waals surface area (Å²) in [5.41, 5.74) is -0.0187. The quantitative estimate of drug-likeness (QED) is 0.559. The van der Waals surface area contributed by atoms with Crippen LogP contribution in [0.4, 0.5) is 13.2 Å². The monoisotopic (exact) mass is 448 g/mol. The van der Waals surface area contributed by atoms with Gasteiger partial charge in [0.25, 0.3) is 0 Å². The molecule has 27 heavy (non-hydrogen) atoms. The van der Waals surface area contributed by atoms with Gasteiger partial charge < -0.3 is 14.8 Å². The Morgan fingerprint density at radius 1 is 1.44 bits per heavy atom. The predicted octanol–water partition coefficient (Wildman–Crippen LogP) is 2.96. The molecule has 1 N–H and O–H groups in total. The number of aromatic nitrogens is 3. The van der Waals surface area contributed by atoms with Crippen LogP contribution in [0.3, 0.4) is 0 Å². The number of esters is 1. The van der Waals surface area contributed by atoms with Gasteiger partial charge >= 0.3 is 12.1 Å². The minimum atomic E-state index is -4.51. The SMILES string of the molecule is CCOC(=O)c1cc2n(n1)CCNC2COc1cc(C(F)(F)F)cnc1Br. The molecule has 3 heterocycles. The minimum Gasteiger partial charge on any atom is -0.489 e. The third-order valence-corrected chi connectivity index (χ3v) is 4.50. The van der Waals surface area contributed by atoms with Crippen molar-refractivity contribution in [2.24, 2.45) is 0 Å². The molecule has 0 amide bonds. The van der Waals surface area contributed by atoms with Gasteiger partial charge in [0.1, 0.15) is 11.2 Å². The lowest BCUT2D eigenvalue weighted by Gasteiger charge is -2.25. The summed E-state index contributed by atoms with van der Waals surface area (Å²) in [6, 6.07) is 2.13. The zero-order chi connectivity index (χ0) is 19.6. The summed E-state index contributed by atoms with van der Waals surface area (Å²) in [5.74, 6) is -0.544. The van der Waals surface area contributed by atoms with E-state index in [-0.39, 0.29) is 35.3 Å². The molecule has 2 aromatic rings. The number of alkyl halides is 3. The maximum atomic E-state index is 12.9. The number of rotatable bonds is 5. The van der Waals surface area contributed by atoms with E-state index in [1.165, 1.54) is 0 Å². The third kappa shape index (κ3) is 4.41. The molecule has 0 bridgehead atoms. The van der Waals surface area contributed by atoms with Crippen molar-refractivity contribution in [1.29, 1.82) is 0 Å². The number of hydrogen-bond donors (Lipinski definition) is 1. The zero-order valence-electron chi connectivity index (χ0n) is 14.2. The Balaban J connectivity index is 1.76. The molecule has 0 saturated heterocycles. The van der Waals surface area contributed by atoms with Crippen molar-refractivity contribution >= 4 is 21.9 Å². The molecule has 0 saturated carbocycles. The summed E-state index contributed by atoms with van der Waals surface area (Å²) in [5, 5.41) is 7.41. The summed E-state index contributed by atoms with van der Waals surface area (Å²) in [7, 11) is 0. The molecule has 1 atom stereocenters. The number of nitrogens with one attached hydrogen (secondary N) is 1. The first kappa shape index (κ1) is 19.6. The molecule has 1 unspecified atom stereocenters. The fraction of sp³-hybridized carbons (Fsp3) is 0.438. The van der Waals surface area contributed by atoms with Gasteiger partial charge in [-0.25, -0.2) is 9.78 Å². The van der Waals surface area contributed by atoms with E-state index in [1.54, 1.807) is 17.7 Å². The molecular weight excluding hydrogens is 433 g/mol. The highest BCUT2D eigenvalue weighted by Crippen LogP contribution is 2.34. The highest BCUT2D eigenvalue weighted by molar-refractivity contribution is 9.10. The van der Waals surface area contributed by atoms with Gasteiger partial charge in [-0.05, 0) is 35.0 Å². The van der Waals surface area contributed by atoms with E-state index in [9.17, 15) is 18.0 Å². The first-order valence-electron chi connectivity index (χ1n) is 8.13. The van der Waals surface area contributed by atoms with E-state index in [4.69, 9.17) is 9.47 Å². The Morgan fingerprint density at radius 3 is 2.93 bits per heavy atom. The second-order valence-electron chi connectivity index (χ2n) is 5.73. The van der Waals surface area contributed by atoms with Crippen LogP contribution in [0.2, 0.25) is 0 Å². The van der Waals surface area contributed by atoms with Crippen LogP contribution in [0.1, 0.15) is 34.7 Å². The van der Waals surface area contributed by atoms with E-state index in [2.05, 4.69) is 31.3 Å². The average Bonchev–Trinajstić information content (AvgIpc) is 3.05. The van der Waals surface area contributed by atoms with E-state index >= 15 is 0 Å². The third-order valence-electron chi connectivity index (χ3n) is 3.91. The van der Waals surface area contributed by atoms with Crippen LogP contribution in [-0.4, -0.2) is 40.5 Å². The van der Waals surface area contributed by atoms with Gasteiger partial charge in [-0.3, -0.25) is 4.68 Å². The van der Waals surface area contributed by atoms with Crippen molar-refractivity contribution in [3.05, 3.63) is 39.9 Å². The second kappa shape index (κ2) is 7.85. The summed E-state index contributed by atoms with van der Waals surface area (Å²) in [6.07, 6.45) is -3.78. The van der Waals surface area contributed by atoms with Gasteiger partial charge in [0.15, 0.2) is 11.4 Å². The van der Waals surface area contributed by atoms with Crippen molar-refractivity contribution in [3.63, 3.8) is 0 Å². The number of halogens is 4. The van der Waals surface area contributed by atoms with Gasteiger partial charge in [0, 0.05) is 12.7 Å². The number of carbonyl (C=O) groups is 1. The fourth-order valence-electron chi connectivity index (χ4n) is 2.65.